The van der Waals surface area contributed by atoms with Crippen LogP contribution in [0.5, 0.6) is 0 Å². The molecule has 0 spiro atoms. The maximum absolute atomic E-state index is 13.7. The summed E-state index contributed by atoms with van der Waals surface area (Å²) in [5.74, 6) is 0.308. The van der Waals surface area contributed by atoms with Crippen molar-refractivity contribution < 1.29 is 9.18 Å². The fraction of sp³-hybridized carbons (Fsp3) is 0.400. The molecule has 0 radical (unpaired) electrons. The Morgan fingerprint density at radius 2 is 1.92 bits per heavy atom. The lowest BCUT2D eigenvalue weighted by Crippen LogP contribution is -2.29. The Kier molecular flexibility index (Phi) is 4.65. The smallest absolute Gasteiger partial charge is 0.253 e. The number of carbonyl (C=O) groups excluding carboxylic acids is 1. The molecule has 1 saturated heterocycles. The average molecular weight is 326 g/mol. The van der Waals surface area contributed by atoms with E-state index in [1.165, 1.54) is 0 Å². The molecule has 3 nitrogen and oxygen atoms in total. The molecule has 2 heterocycles. The monoisotopic (exact) mass is 326 g/mol. The summed E-state index contributed by atoms with van der Waals surface area (Å²) >= 11 is 0. The molecule has 1 aliphatic rings. The molecule has 1 atom stereocenters. The van der Waals surface area contributed by atoms with Crippen LogP contribution in [0.2, 0.25) is 0 Å². The molecule has 0 N–H and O–H groups in total. The van der Waals surface area contributed by atoms with Gasteiger partial charge in [0, 0.05) is 30.0 Å². The number of carbonyl (C=O) groups is 1. The number of aromatic nitrogens is 1. The quantitative estimate of drug-likeness (QED) is 0.858. The Bertz CT molecular complexity index is 752. The fourth-order valence-corrected chi connectivity index (χ4v) is 3.42. The number of pyridine rings is 1. The zero-order valence-corrected chi connectivity index (χ0v) is 14.5. The standard InChI is InChI=1S/C20H23FN2O/c1-13-4-5-16(11-19(13)21)10-17-6-7-23(12-17)20(24)18-8-14(2)22-15(3)9-18/h4-5,8-9,11,17H,6-7,10,12H2,1-3H3. The molecule has 3 rings (SSSR count). The molecule has 1 aromatic carbocycles. The van der Waals surface area contributed by atoms with Gasteiger partial charge < -0.3 is 4.90 Å². The second-order valence-electron chi connectivity index (χ2n) is 6.83. The molecule has 1 amide bonds. The summed E-state index contributed by atoms with van der Waals surface area (Å²) in [6, 6.07) is 9.12. The summed E-state index contributed by atoms with van der Waals surface area (Å²) in [4.78, 5) is 18.9. The van der Waals surface area contributed by atoms with Gasteiger partial charge in [-0.3, -0.25) is 9.78 Å². The van der Waals surface area contributed by atoms with Gasteiger partial charge in [0.2, 0.25) is 0 Å². The van der Waals surface area contributed by atoms with Crippen LogP contribution in [0.25, 0.3) is 0 Å². The number of likely N-dealkylation sites (tertiary alicyclic amines) is 1. The molecule has 24 heavy (non-hydrogen) atoms. The third kappa shape index (κ3) is 3.64. The highest BCUT2D eigenvalue weighted by Gasteiger charge is 2.27. The van der Waals surface area contributed by atoms with E-state index in [1.807, 2.05) is 43.0 Å². The second-order valence-corrected chi connectivity index (χ2v) is 6.83. The summed E-state index contributed by atoms with van der Waals surface area (Å²) in [7, 11) is 0. The first-order valence-corrected chi connectivity index (χ1v) is 8.42. The van der Waals surface area contributed by atoms with Gasteiger partial charge in [-0.1, -0.05) is 12.1 Å². The Hall–Kier alpha value is -2.23. The van der Waals surface area contributed by atoms with E-state index < -0.39 is 0 Å². The Morgan fingerprint density at radius 3 is 2.58 bits per heavy atom. The summed E-state index contributed by atoms with van der Waals surface area (Å²) in [5, 5.41) is 0. The zero-order chi connectivity index (χ0) is 17.3. The van der Waals surface area contributed by atoms with Crippen LogP contribution in [0.1, 0.15) is 39.3 Å². The van der Waals surface area contributed by atoms with Crippen molar-refractivity contribution in [2.45, 2.75) is 33.6 Å². The lowest BCUT2D eigenvalue weighted by molar-refractivity contribution is 0.0786. The largest absolute Gasteiger partial charge is 0.338 e. The molecule has 0 bridgehead atoms. The van der Waals surface area contributed by atoms with Crippen molar-refractivity contribution in [1.29, 1.82) is 0 Å². The number of benzene rings is 1. The summed E-state index contributed by atoms with van der Waals surface area (Å²) < 4.78 is 13.7. The van der Waals surface area contributed by atoms with E-state index in [-0.39, 0.29) is 11.7 Å². The van der Waals surface area contributed by atoms with Gasteiger partial charge in [-0.05, 0) is 68.9 Å². The summed E-state index contributed by atoms with van der Waals surface area (Å²) in [6.07, 6.45) is 1.78. The first-order chi connectivity index (χ1) is 11.4. The van der Waals surface area contributed by atoms with E-state index in [9.17, 15) is 9.18 Å². The number of nitrogens with zero attached hydrogens (tertiary/aromatic N) is 2. The topological polar surface area (TPSA) is 33.2 Å². The van der Waals surface area contributed by atoms with E-state index in [1.54, 1.807) is 13.0 Å². The number of hydrogen-bond acceptors (Lipinski definition) is 2. The summed E-state index contributed by atoms with van der Waals surface area (Å²) in [6.45, 7) is 7.08. The molecule has 1 aliphatic heterocycles. The van der Waals surface area contributed by atoms with Crippen LogP contribution in [-0.4, -0.2) is 28.9 Å². The van der Waals surface area contributed by atoms with Crippen LogP contribution in [0.3, 0.4) is 0 Å². The minimum atomic E-state index is -0.152. The maximum atomic E-state index is 13.7. The highest BCUT2D eigenvalue weighted by atomic mass is 19.1. The van der Waals surface area contributed by atoms with Crippen molar-refractivity contribution in [3.8, 4) is 0 Å². The molecule has 2 aromatic rings. The molecular formula is C20H23FN2O. The van der Waals surface area contributed by atoms with Crippen LogP contribution in [0.4, 0.5) is 4.39 Å². The first kappa shape index (κ1) is 16.6. The van der Waals surface area contributed by atoms with Crippen molar-refractivity contribution in [2.24, 2.45) is 5.92 Å². The predicted molar refractivity (Wildman–Crippen MR) is 92.6 cm³/mol. The Labute approximate surface area is 142 Å². The molecule has 1 unspecified atom stereocenters. The molecule has 4 heteroatoms. The normalized spacial score (nSPS) is 17.3. The molecule has 0 aliphatic carbocycles. The van der Waals surface area contributed by atoms with Gasteiger partial charge in [-0.15, -0.1) is 0 Å². The Morgan fingerprint density at radius 1 is 1.21 bits per heavy atom. The van der Waals surface area contributed by atoms with Gasteiger partial charge in [0.1, 0.15) is 5.82 Å². The number of amides is 1. The van der Waals surface area contributed by atoms with Crippen LogP contribution in [0, 0.1) is 32.5 Å². The minimum Gasteiger partial charge on any atom is -0.338 e. The van der Waals surface area contributed by atoms with E-state index in [0.29, 0.717) is 17.0 Å². The van der Waals surface area contributed by atoms with E-state index >= 15 is 0 Å². The van der Waals surface area contributed by atoms with Crippen molar-refractivity contribution in [3.63, 3.8) is 0 Å². The number of halogens is 1. The van der Waals surface area contributed by atoms with Crippen molar-refractivity contribution in [3.05, 3.63) is 64.2 Å². The third-order valence-electron chi connectivity index (χ3n) is 4.66. The highest BCUT2D eigenvalue weighted by molar-refractivity contribution is 5.94. The average Bonchev–Trinajstić information content (AvgIpc) is 2.98. The van der Waals surface area contributed by atoms with Gasteiger partial charge in [-0.25, -0.2) is 4.39 Å². The number of rotatable bonds is 3. The lowest BCUT2D eigenvalue weighted by atomic mass is 9.98. The zero-order valence-electron chi connectivity index (χ0n) is 14.5. The SMILES string of the molecule is Cc1cc(C(=O)N2CCC(Cc3ccc(C)c(F)c3)C2)cc(C)n1. The molecule has 126 valence electrons. The van der Waals surface area contributed by atoms with Crippen LogP contribution in [-0.2, 0) is 6.42 Å². The van der Waals surface area contributed by atoms with Crippen LogP contribution < -0.4 is 0 Å². The first-order valence-electron chi connectivity index (χ1n) is 8.42. The molecular weight excluding hydrogens is 303 g/mol. The van der Waals surface area contributed by atoms with Crippen molar-refractivity contribution in [1.82, 2.24) is 9.88 Å². The molecule has 0 saturated carbocycles. The minimum absolute atomic E-state index is 0.0705. The van der Waals surface area contributed by atoms with Gasteiger partial charge in [0.05, 0.1) is 0 Å². The van der Waals surface area contributed by atoms with Gasteiger partial charge in [-0.2, -0.15) is 0 Å². The van der Waals surface area contributed by atoms with Crippen LogP contribution in [0.15, 0.2) is 30.3 Å². The lowest BCUT2D eigenvalue weighted by Gasteiger charge is -2.17. The predicted octanol–water partition coefficient (Wildman–Crippen LogP) is 3.85. The molecule has 1 fully saturated rings. The van der Waals surface area contributed by atoms with E-state index in [4.69, 9.17) is 0 Å². The number of hydrogen-bond donors (Lipinski definition) is 0. The summed E-state index contributed by atoms with van der Waals surface area (Å²) in [5.41, 5.74) is 4.12. The second kappa shape index (κ2) is 6.71. The van der Waals surface area contributed by atoms with Gasteiger partial charge in [0.15, 0.2) is 0 Å². The highest BCUT2D eigenvalue weighted by Crippen LogP contribution is 2.23. The van der Waals surface area contributed by atoms with Gasteiger partial charge >= 0.3 is 0 Å². The maximum Gasteiger partial charge on any atom is 0.253 e. The van der Waals surface area contributed by atoms with Crippen LogP contribution >= 0.6 is 0 Å². The van der Waals surface area contributed by atoms with Gasteiger partial charge in [0.25, 0.3) is 5.91 Å². The fourth-order valence-electron chi connectivity index (χ4n) is 3.42. The van der Waals surface area contributed by atoms with Crippen molar-refractivity contribution in [2.75, 3.05) is 13.1 Å². The van der Waals surface area contributed by atoms with E-state index in [2.05, 4.69) is 4.98 Å². The van der Waals surface area contributed by atoms with Crippen molar-refractivity contribution >= 4 is 5.91 Å². The Balaban J connectivity index is 1.66. The molecule has 1 aromatic heterocycles. The number of aryl methyl sites for hydroxylation is 3. The third-order valence-corrected chi connectivity index (χ3v) is 4.66. The van der Waals surface area contributed by atoms with E-state index in [0.717, 1.165) is 42.9 Å².